The van der Waals surface area contributed by atoms with E-state index >= 15 is 0 Å². The van der Waals surface area contributed by atoms with Crippen molar-refractivity contribution in [3.05, 3.63) is 72.3 Å². The monoisotopic (exact) mass is 416 g/mol. The molecule has 0 saturated carbocycles. The predicted octanol–water partition coefficient (Wildman–Crippen LogP) is 4.14. The van der Waals surface area contributed by atoms with Gasteiger partial charge < -0.3 is 15.4 Å². The van der Waals surface area contributed by atoms with Gasteiger partial charge >= 0.3 is 18.1 Å². The standard InChI is InChI=1S/C21H15F3N2O4/c22-21(23,24)20(29)25-15-8-3-7-14(11-15)19(28)30-12-18(27)26-17-10-4-6-13-5-1-2-9-16(13)17/h1-11H,12H2,(H,25,29)(H,26,27). The summed E-state index contributed by atoms with van der Waals surface area (Å²) in [5.74, 6) is -3.67. The molecule has 0 radical (unpaired) electrons. The number of carbonyl (C=O) groups is 3. The van der Waals surface area contributed by atoms with Crippen LogP contribution in [0.25, 0.3) is 10.8 Å². The Hall–Kier alpha value is -3.88. The normalized spacial score (nSPS) is 11.0. The minimum Gasteiger partial charge on any atom is -0.452 e. The Labute approximate surface area is 168 Å². The summed E-state index contributed by atoms with van der Waals surface area (Å²) in [6.07, 6.45) is -5.06. The topological polar surface area (TPSA) is 84.5 Å². The van der Waals surface area contributed by atoms with Gasteiger partial charge in [-0.25, -0.2) is 4.79 Å². The summed E-state index contributed by atoms with van der Waals surface area (Å²) >= 11 is 0. The van der Waals surface area contributed by atoms with Gasteiger partial charge in [-0.05, 0) is 29.7 Å². The second kappa shape index (κ2) is 8.64. The summed E-state index contributed by atoms with van der Waals surface area (Å²) < 4.78 is 41.9. The van der Waals surface area contributed by atoms with Crippen molar-refractivity contribution in [1.29, 1.82) is 0 Å². The molecular formula is C21H15F3N2O4. The molecule has 0 unspecified atom stereocenters. The molecule has 2 amide bonds. The van der Waals surface area contributed by atoms with E-state index in [4.69, 9.17) is 4.74 Å². The molecule has 3 rings (SSSR count). The molecule has 3 aromatic carbocycles. The van der Waals surface area contributed by atoms with Crippen LogP contribution in [0.3, 0.4) is 0 Å². The fourth-order valence-corrected chi connectivity index (χ4v) is 2.66. The fourth-order valence-electron chi connectivity index (χ4n) is 2.66. The summed E-state index contributed by atoms with van der Waals surface area (Å²) in [6.45, 7) is -0.596. The third kappa shape index (κ3) is 5.13. The molecule has 6 nitrogen and oxygen atoms in total. The largest absolute Gasteiger partial charge is 0.471 e. The lowest BCUT2D eigenvalue weighted by molar-refractivity contribution is -0.167. The van der Waals surface area contributed by atoms with Gasteiger partial charge in [0.1, 0.15) is 0 Å². The number of ether oxygens (including phenoxy) is 1. The number of hydrogen-bond donors (Lipinski definition) is 2. The highest BCUT2D eigenvalue weighted by atomic mass is 19.4. The second-order valence-electron chi connectivity index (χ2n) is 6.18. The lowest BCUT2D eigenvalue weighted by Crippen LogP contribution is -2.30. The van der Waals surface area contributed by atoms with E-state index in [0.29, 0.717) is 5.69 Å². The SMILES string of the molecule is O=C(COC(=O)c1cccc(NC(=O)C(F)(F)F)c1)Nc1cccc2ccccc12. The lowest BCUT2D eigenvalue weighted by Gasteiger charge is -2.10. The number of alkyl halides is 3. The maximum Gasteiger partial charge on any atom is 0.471 e. The van der Waals surface area contributed by atoms with Crippen LogP contribution in [0.15, 0.2) is 66.7 Å². The maximum absolute atomic E-state index is 12.3. The minimum absolute atomic E-state index is 0.118. The van der Waals surface area contributed by atoms with Gasteiger partial charge in [0.25, 0.3) is 5.91 Å². The van der Waals surface area contributed by atoms with Crippen molar-refractivity contribution in [3.8, 4) is 0 Å². The summed E-state index contributed by atoms with van der Waals surface area (Å²) in [4.78, 5) is 35.2. The van der Waals surface area contributed by atoms with Gasteiger partial charge in [0.2, 0.25) is 0 Å². The summed E-state index contributed by atoms with van der Waals surface area (Å²) in [6, 6.07) is 17.5. The number of nitrogens with one attached hydrogen (secondary N) is 2. The van der Waals surface area contributed by atoms with Crippen molar-refractivity contribution < 1.29 is 32.3 Å². The van der Waals surface area contributed by atoms with Gasteiger partial charge in [-0.2, -0.15) is 13.2 Å². The Balaban J connectivity index is 1.61. The van der Waals surface area contributed by atoms with Crippen molar-refractivity contribution in [2.75, 3.05) is 17.2 Å². The Bertz CT molecular complexity index is 1110. The zero-order chi connectivity index (χ0) is 21.7. The first-order chi connectivity index (χ1) is 14.2. The van der Waals surface area contributed by atoms with Crippen LogP contribution >= 0.6 is 0 Å². The molecule has 0 heterocycles. The van der Waals surface area contributed by atoms with Gasteiger partial charge in [-0.1, -0.05) is 42.5 Å². The number of hydrogen-bond acceptors (Lipinski definition) is 4. The van der Waals surface area contributed by atoms with Crippen molar-refractivity contribution in [3.63, 3.8) is 0 Å². The highest BCUT2D eigenvalue weighted by molar-refractivity contribution is 6.03. The van der Waals surface area contributed by atoms with Gasteiger partial charge in [-0.15, -0.1) is 0 Å². The van der Waals surface area contributed by atoms with Crippen LogP contribution in [0.2, 0.25) is 0 Å². The van der Waals surface area contributed by atoms with Crippen LogP contribution in [0.4, 0.5) is 24.5 Å². The molecule has 9 heteroatoms. The van der Waals surface area contributed by atoms with E-state index < -0.39 is 30.6 Å². The van der Waals surface area contributed by atoms with E-state index in [0.717, 1.165) is 16.8 Å². The first-order valence-electron chi connectivity index (χ1n) is 8.67. The van der Waals surface area contributed by atoms with E-state index in [9.17, 15) is 27.6 Å². The van der Waals surface area contributed by atoms with Crippen molar-refractivity contribution in [2.24, 2.45) is 0 Å². The molecule has 0 saturated heterocycles. The summed E-state index contributed by atoms with van der Waals surface area (Å²) in [7, 11) is 0. The summed E-state index contributed by atoms with van der Waals surface area (Å²) in [5.41, 5.74) is 0.200. The number of fused-ring (bicyclic) bond motifs is 1. The Kier molecular flexibility index (Phi) is 6.01. The zero-order valence-corrected chi connectivity index (χ0v) is 15.3. The quantitative estimate of drug-likeness (QED) is 0.613. The highest BCUT2D eigenvalue weighted by Gasteiger charge is 2.38. The maximum atomic E-state index is 12.3. The van der Waals surface area contributed by atoms with Gasteiger partial charge in [0.05, 0.1) is 5.56 Å². The van der Waals surface area contributed by atoms with Crippen LogP contribution in [0.5, 0.6) is 0 Å². The molecule has 3 aromatic rings. The molecule has 0 aliphatic heterocycles. The highest BCUT2D eigenvalue weighted by Crippen LogP contribution is 2.23. The molecule has 0 bridgehead atoms. The average molecular weight is 416 g/mol. The number of anilines is 2. The van der Waals surface area contributed by atoms with Crippen LogP contribution in [0, 0.1) is 0 Å². The van der Waals surface area contributed by atoms with Gasteiger partial charge in [0, 0.05) is 16.8 Å². The first-order valence-corrected chi connectivity index (χ1v) is 8.67. The molecule has 30 heavy (non-hydrogen) atoms. The van der Waals surface area contributed by atoms with E-state index in [-0.39, 0.29) is 11.3 Å². The number of esters is 1. The number of carbonyl (C=O) groups excluding carboxylic acids is 3. The van der Waals surface area contributed by atoms with Gasteiger partial charge in [-0.3, -0.25) is 9.59 Å². The molecule has 0 aliphatic carbocycles. The zero-order valence-electron chi connectivity index (χ0n) is 15.3. The van der Waals surface area contributed by atoms with Crippen molar-refractivity contribution >= 4 is 39.9 Å². The number of halogens is 3. The van der Waals surface area contributed by atoms with E-state index in [1.807, 2.05) is 30.3 Å². The van der Waals surface area contributed by atoms with Crippen LogP contribution < -0.4 is 10.6 Å². The van der Waals surface area contributed by atoms with Crippen molar-refractivity contribution in [1.82, 2.24) is 0 Å². The minimum atomic E-state index is -5.06. The smallest absolute Gasteiger partial charge is 0.452 e. The third-order valence-electron chi connectivity index (χ3n) is 4.01. The Morgan fingerprint density at radius 1 is 0.867 bits per heavy atom. The van der Waals surface area contributed by atoms with Crippen LogP contribution in [0.1, 0.15) is 10.4 Å². The number of benzene rings is 3. The van der Waals surface area contributed by atoms with E-state index in [1.165, 1.54) is 18.2 Å². The molecule has 0 fully saturated rings. The number of rotatable bonds is 5. The summed E-state index contributed by atoms with van der Waals surface area (Å²) in [5, 5.41) is 6.02. The van der Waals surface area contributed by atoms with E-state index in [2.05, 4.69) is 5.32 Å². The molecule has 0 aliphatic rings. The molecule has 0 atom stereocenters. The second-order valence-corrected chi connectivity index (χ2v) is 6.18. The first kappa shape index (κ1) is 20.8. The van der Waals surface area contributed by atoms with E-state index in [1.54, 1.807) is 17.4 Å². The molecule has 0 aromatic heterocycles. The lowest BCUT2D eigenvalue weighted by atomic mass is 10.1. The number of amides is 2. The Morgan fingerprint density at radius 3 is 2.33 bits per heavy atom. The van der Waals surface area contributed by atoms with Crippen LogP contribution in [-0.2, 0) is 14.3 Å². The molecule has 2 N–H and O–H groups in total. The van der Waals surface area contributed by atoms with Gasteiger partial charge in [0.15, 0.2) is 6.61 Å². The van der Waals surface area contributed by atoms with Crippen LogP contribution in [-0.4, -0.2) is 30.6 Å². The van der Waals surface area contributed by atoms with Crippen molar-refractivity contribution in [2.45, 2.75) is 6.18 Å². The molecule has 154 valence electrons. The average Bonchev–Trinajstić information content (AvgIpc) is 2.72. The molecular weight excluding hydrogens is 401 g/mol. The predicted molar refractivity (Wildman–Crippen MR) is 104 cm³/mol. The third-order valence-corrected chi connectivity index (χ3v) is 4.01. The molecule has 0 spiro atoms. The fraction of sp³-hybridized carbons (Fsp3) is 0.0952. The Morgan fingerprint density at radius 2 is 1.57 bits per heavy atom.